The minimum absolute atomic E-state index is 0.0827. The van der Waals surface area contributed by atoms with Crippen LogP contribution in [-0.4, -0.2) is 48.0 Å². The van der Waals surface area contributed by atoms with Crippen LogP contribution in [-0.2, 0) is 32.0 Å². The van der Waals surface area contributed by atoms with Crippen LogP contribution < -0.4 is 16.0 Å². The van der Waals surface area contributed by atoms with Crippen LogP contribution in [0.3, 0.4) is 0 Å². The average molecular weight is 491 g/mol. The summed E-state index contributed by atoms with van der Waals surface area (Å²) in [5.41, 5.74) is 10.00. The van der Waals surface area contributed by atoms with Crippen LogP contribution >= 0.6 is 0 Å². The van der Waals surface area contributed by atoms with Gasteiger partial charge in [0.25, 0.3) is 0 Å². The van der Waals surface area contributed by atoms with Gasteiger partial charge in [0.05, 0.1) is 25.6 Å². The normalized spacial score (nSPS) is 16.6. The highest BCUT2D eigenvalue weighted by atomic mass is 16.5. The molecule has 2 amide bonds. The molecule has 0 bridgehead atoms. The van der Waals surface area contributed by atoms with Crippen molar-refractivity contribution in [3.8, 4) is 0 Å². The van der Waals surface area contributed by atoms with E-state index in [2.05, 4.69) is 10.3 Å². The second-order valence-corrected chi connectivity index (χ2v) is 9.84. The van der Waals surface area contributed by atoms with Crippen molar-refractivity contribution in [1.29, 1.82) is 0 Å². The number of H-pyrrole nitrogens is 1. The second-order valence-electron chi connectivity index (χ2n) is 9.84. The summed E-state index contributed by atoms with van der Waals surface area (Å²) in [4.78, 5) is 44.0. The quantitative estimate of drug-likeness (QED) is 0.399. The summed E-state index contributed by atoms with van der Waals surface area (Å²) in [6.45, 7) is 4.00. The minimum atomic E-state index is -0.816. The Hall–Kier alpha value is -3.65. The molecule has 2 heterocycles. The first-order valence-electron chi connectivity index (χ1n) is 12.4. The van der Waals surface area contributed by atoms with Crippen molar-refractivity contribution in [2.24, 2.45) is 11.7 Å². The number of nitrogens with one attached hydrogen (secondary N) is 2. The summed E-state index contributed by atoms with van der Waals surface area (Å²) in [5, 5.41) is 3.95. The third-order valence-corrected chi connectivity index (χ3v) is 6.71. The predicted octanol–water partition coefficient (Wildman–Crippen LogP) is 3.09. The highest BCUT2D eigenvalue weighted by Crippen LogP contribution is 2.34. The van der Waals surface area contributed by atoms with Gasteiger partial charge in [-0.3, -0.25) is 14.4 Å². The van der Waals surface area contributed by atoms with E-state index in [9.17, 15) is 14.4 Å². The summed E-state index contributed by atoms with van der Waals surface area (Å²) >= 11 is 0. The number of carbonyl (C=O) groups excluding carboxylic acids is 3. The maximum atomic E-state index is 13.9. The molecule has 0 spiro atoms. The fourth-order valence-corrected chi connectivity index (χ4v) is 4.97. The van der Waals surface area contributed by atoms with Crippen LogP contribution in [0.2, 0.25) is 0 Å². The molecule has 0 saturated carbocycles. The largest absolute Gasteiger partial charge is 0.469 e. The first kappa shape index (κ1) is 25.4. The molecule has 190 valence electrons. The van der Waals surface area contributed by atoms with E-state index in [0.29, 0.717) is 19.3 Å². The number of hydrogen-bond acceptors (Lipinski definition) is 5. The van der Waals surface area contributed by atoms with Crippen molar-refractivity contribution in [1.82, 2.24) is 10.3 Å². The van der Waals surface area contributed by atoms with E-state index in [1.807, 2.05) is 68.6 Å². The molecule has 3 atom stereocenters. The van der Waals surface area contributed by atoms with E-state index in [4.69, 9.17) is 10.5 Å². The topological polar surface area (TPSA) is 118 Å². The molecule has 0 saturated heterocycles. The zero-order valence-electron chi connectivity index (χ0n) is 21.0. The lowest BCUT2D eigenvalue weighted by Crippen LogP contribution is -2.55. The number of benzene rings is 2. The number of hydrogen-bond donors (Lipinski definition) is 3. The molecule has 1 aliphatic heterocycles. The standard InChI is InChI=1S/C28H34N4O4/c1-17(2)12-24(31-27(34)22(29)14-19-16-30-23-10-6-5-9-21(19)23)28(35)32-20(15-26(33)36-3)13-18-8-4-7-11-25(18)32/h4-11,16-17,20,22,24,30H,12-15,29H2,1-3H3,(H,31,34). The Kier molecular flexibility index (Phi) is 7.74. The molecule has 4 rings (SSSR count). The van der Waals surface area contributed by atoms with E-state index in [0.717, 1.165) is 27.7 Å². The third kappa shape index (κ3) is 5.44. The van der Waals surface area contributed by atoms with E-state index in [-0.39, 0.29) is 36.2 Å². The maximum absolute atomic E-state index is 13.9. The van der Waals surface area contributed by atoms with Gasteiger partial charge in [-0.2, -0.15) is 0 Å². The van der Waals surface area contributed by atoms with Crippen LogP contribution in [0.4, 0.5) is 5.69 Å². The lowest BCUT2D eigenvalue weighted by Gasteiger charge is -2.31. The van der Waals surface area contributed by atoms with Crippen molar-refractivity contribution < 1.29 is 19.1 Å². The van der Waals surface area contributed by atoms with Crippen LogP contribution in [0.25, 0.3) is 10.9 Å². The SMILES string of the molecule is COC(=O)CC1Cc2ccccc2N1C(=O)C(CC(C)C)NC(=O)C(N)Cc1c[nH]c2ccccc12. The van der Waals surface area contributed by atoms with Gasteiger partial charge < -0.3 is 25.7 Å². The molecule has 8 heteroatoms. The Morgan fingerprint density at radius 3 is 2.61 bits per heavy atom. The van der Waals surface area contributed by atoms with Gasteiger partial charge in [0.2, 0.25) is 11.8 Å². The van der Waals surface area contributed by atoms with E-state index < -0.39 is 12.1 Å². The Morgan fingerprint density at radius 1 is 1.14 bits per heavy atom. The average Bonchev–Trinajstić information content (AvgIpc) is 3.43. The monoisotopic (exact) mass is 490 g/mol. The molecule has 3 aromatic rings. The van der Waals surface area contributed by atoms with Crippen LogP contribution in [0.5, 0.6) is 0 Å². The van der Waals surface area contributed by atoms with Gasteiger partial charge in [0, 0.05) is 22.8 Å². The number of aromatic nitrogens is 1. The summed E-state index contributed by atoms with van der Waals surface area (Å²) in [6, 6.07) is 13.5. The van der Waals surface area contributed by atoms with E-state index in [1.165, 1.54) is 7.11 Å². The fraction of sp³-hybridized carbons (Fsp3) is 0.393. The zero-order chi connectivity index (χ0) is 25.8. The number of nitrogens with zero attached hydrogens (tertiary/aromatic N) is 1. The number of nitrogens with two attached hydrogens (primary N) is 1. The van der Waals surface area contributed by atoms with Crippen LogP contribution in [0, 0.1) is 5.92 Å². The van der Waals surface area contributed by atoms with Crippen molar-refractivity contribution >= 4 is 34.4 Å². The number of carbonyl (C=O) groups is 3. The smallest absolute Gasteiger partial charge is 0.307 e. The first-order chi connectivity index (χ1) is 17.3. The molecule has 0 radical (unpaired) electrons. The van der Waals surface area contributed by atoms with Crippen molar-refractivity contribution in [3.63, 3.8) is 0 Å². The summed E-state index contributed by atoms with van der Waals surface area (Å²) in [5.74, 6) is -0.844. The van der Waals surface area contributed by atoms with Gasteiger partial charge in [-0.15, -0.1) is 0 Å². The number of fused-ring (bicyclic) bond motifs is 2. The van der Waals surface area contributed by atoms with Crippen LogP contribution in [0.1, 0.15) is 37.8 Å². The molecule has 0 aliphatic carbocycles. The van der Waals surface area contributed by atoms with Crippen molar-refractivity contribution in [3.05, 3.63) is 65.9 Å². The number of aromatic amines is 1. The number of amides is 2. The maximum Gasteiger partial charge on any atom is 0.307 e. The third-order valence-electron chi connectivity index (χ3n) is 6.71. The molecular formula is C28H34N4O4. The van der Waals surface area contributed by atoms with Crippen molar-refractivity contribution in [2.45, 2.75) is 57.7 Å². The van der Waals surface area contributed by atoms with Gasteiger partial charge in [-0.25, -0.2) is 0 Å². The Bertz CT molecular complexity index is 1250. The lowest BCUT2D eigenvalue weighted by molar-refractivity contribution is -0.141. The molecule has 2 aromatic carbocycles. The zero-order valence-corrected chi connectivity index (χ0v) is 21.0. The number of para-hydroxylation sites is 2. The van der Waals surface area contributed by atoms with Gasteiger partial charge >= 0.3 is 5.97 Å². The Morgan fingerprint density at radius 2 is 1.86 bits per heavy atom. The van der Waals surface area contributed by atoms with Crippen molar-refractivity contribution in [2.75, 3.05) is 12.0 Å². The molecule has 1 aliphatic rings. The summed E-state index contributed by atoms with van der Waals surface area (Å²) in [7, 11) is 1.34. The molecule has 36 heavy (non-hydrogen) atoms. The highest BCUT2D eigenvalue weighted by Gasteiger charge is 2.39. The molecular weight excluding hydrogens is 456 g/mol. The number of methoxy groups -OCH3 is 1. The van der Waals surface area contributed by atoms with Crippen LogP contribution in [0.15, 0.2) is 54.7 Å². The van der Waals surface area contributed by atoms with Gasteiger partial charge in [-0.05, 0) is 48.4 Å². The second kappa shape index (κ2) is 11.0. The Labute approximate surface area is 211 Å². The molecule has 4 N–H and O–H groups in total. The fourth-order valence-electron chi connectivity index (χ4n) is 4.97. The van der Waals surface area contributed by atoms with Gasteiger partial charge in [0.1, 0.15) is 6.04 Å². The number of rotatable bonds is 9. The lowest BCUT2D eigenvalue weighted by atomic mass is 10.00. The number of anilines is 1. The molecule has 1 aromatic heterocycles. The van der Waals surface area contributed by atoms with E-state index in [1.54, 1.807) is 4.90 Å². The van der Waals surface area contributed by atoms with Gasteiger partial charge in [-0.1, -0.05) is 50.2 Å². The summed E-state index contributed by atoms with van der Waals surface area (Å²) < 4.78 is 4.87. The minimum Gasteiger partial charge on any atom is -0.469 e. The molecule has 3 unspecified atom stereocenters. The first-order valence-corrected chi connectivity index (χ1v) is 12.4. The highest BCUT2D eigenvalue weighted by molar-refractivity contribution is 6.02. The predicted molar refractivity (Wildman–Crippen MR) is 139 cm³/mol. The van der Waals surface area contributed by atoms with Gasteiger partial charge in [0.15, 0.2) is 0 Å². The number of esters is 1. The number of ether oxygens (including phenoxy) is 1. The molecule has 0 fully saturated rings. The molecule has 8 nitrogen and oxygen atoms in total. The van der Waals surface area contributed by atoms with E-state index >= 15 is 0 Å². The summed E-state index contributed by atoms with van der Waals surface area (Å²) in [6.07, 6.45) is 3.30. The Balaban J connectivity index is 1.53.